The minimum Gasteiger partial charge on any atom is -0.378 e. The van der Waals surface area contributed by atoms with Crippen molar-refractivity contribution in [2.45, 2.75) is 13.3 Å². The highest BCUT2D eigenvalue weighted by atomic mass is 19.1. The molecule has 7 nitrogen and oxygen atoms in total. The van der Waals surface area contributed by atoms with E-state index in [1.807, 2.05) is 25.1 Å². The summed E-state index contributed by atoms with van der Waals surface area (Å²) in [5, 5.41) is 6.00. The molecule has 1 fully saturated rings. The van der Waals surface area contributed by atoms with Gasteiger partial charge in [-0.2, -0.15) is 4.98 Å². The molecule has 3 aromatic rings. The number of benzene rings is 2. The van der Waals surface area contributed by atoms with Gasteiger partial charge in [0, 0.05) is 36.2 Å². The molecule has 1 aliphatic rings. The van der Waals surface area contributed by atoms with Crippen LogP contribution in [0.3, 0.4) is 0 Å². The molecule has 0 spiro atoms. The monoisotopic (exact) mass is 421 g/mol. The van der Waals surface area contributed by atoms with Gasteiger partial charge in [-0.25, -0.2) is 9.37 Å². The largest absolute Gasteiger partial charge is 0.378 e. The summed E-state index contributed by atoms with van der Waals surface area (Å²) in [5.74, 6) is 0.725. The highest BCUT2D eigenvalue weighted by Gasteiger charge is 2.14. The van der Waals surface area contributed by atoms with Crippen LogP contribution in [-0.4, -0.2) is 42.2 Å². The van der Waals surface area contributed by atoms with E-state index in [1.165, 1.54) is 6.07 Å². The van der Waals surface area contributed by atoms with Gasteiger partial charge in [0.15, 0.2) is 0 Å². The van der Waals surface area contributed by atoms with Gasteiger partial charge in [-0.05, 0) is 42.8 Å². The van der Waals surface area contributed by atoms with Crippen molar-refractivity contribution in [1.82, 2.24) is 9.97 Å². The third-order valence-electron chi connectivity index (χ3n) is 4.91. The summed E-state index contributed by atoms with van der Waals surface area (Å²) >= 11 is 0. The van der Waals surface area contributed by atoms with Crippen LogP contribution >= 0.6 is 0 Å². The van der Waals surface area contributed by atoms with Crippen molar-refractivity contribution in [3.63, 3.8) is 0 Å². The molecule has 0 saturated carbocycles. The van der Waals surface area contributed by atoms with Crippen LogP contribution in [0.25, 0.3) is 0 Å². The fraction of sp³-hybridized carbons (Fsp3) is 0.261. The van der Waals surface area contributed by atoms with E-state index in [9.17, 15) is 9.18 Å². The van der Waals surface area contributed by atoms with Crippen LogP contribution in [-0.2, 0) is 16.0 Å². The minimum absolute atomic E-state index is 0.0197. The topological polar surface area (TPSA) is 79.4 Å². The SMILES string of the molecule is Cc1cc(N2CCOCC2)nc(Nc2ccc(NC(=O)Cc3ccccc3F)cc2)n1. The predicted octanol–water partition coefficient (Wildman–Crippen LogP) is 3.69. The number of ether oxygens (including phenoxy) is 1. The molecule has 4 rings (SSSR count). The molecule has 1 saturated heterocycles. The third kappa shape index (κ3) is 5.55. The lowest BCUT2D eigenvalue weighted by molar-refractivity contribution is -0.115. The van der Waals surface area contributed by atoms with Gasteiger partial charge in [-0.1, -0.05) is 18.2 Å². The zero-order valence-electron chi connectivity index (χ0n) is 17.3. The first kappa shape index (κ1) is 20.7. The number of carbonyl (C=O) groups is 1. The maximum atomic E-state index is 13.7. The molecule has 2 N–H and O–H groups in total. The molecule has 0 bridgehead atoms. The van der Waals surface area contributed by atoms with E-state index in [4.69, 9.17) is 4.74 Å². The standard InChI is InChI=1S/C23H24FN5O2/c1-16-14-21(29-10-12-31-13-11-29)28-23(25-16)27-19-8-6-18(7-9-19)26-22(30)15-17-4-2-3-5-20(17)24/h2-9,14H,10-13,15H2,1H3,(H,26,30)(H,25,27,28). The molecular weight excluding hydrogens is 397 g/mol. The fourth-order valence-corrected chi connectivity index (χ4v) is 3.35. The lowest BCUT2D eigenvalue weighted by atomic mass is 10.1. The first-order valence-corrected chi connectivity index (χ1v) is 10.2. The number of amides is 1. The maximum absolute atomic E-state index is 13.7. The molecule has 1 aliphatic heterocycles. The Morgan fingerprint density at radius 2 is 1.77 bits per heavy atom. The van der Waals surface area contributed by atoms with Crippen molar-refractivity contribution >= 4 is 29.0 Å². The molecule has 160 valence electrons. The normalized spacial score (nSPS) is 13.7. The Morgan fingerprint density at radius 3 is 2.52 bits per heavy atom. The number of rotatable bonds is 6. The number of hydrogen-bond acceptors (Lipinski definition) is 6. The smallest absolute Gasteiger partial charge is 0.229 e. The summed E-state index contributed by atoms with van der Waals surface area (Å²) in [6.07, 6.45) is -0.0197. The van der Waals surface area contributed by atoms with Crippen molar-refractivity contribution < 1.29 is 13.9 Å². The number of morpholine rings is 1. The van der Waals surface area contributed by atoms with Crippen molar-refractivity contribution in [3.8, 4) is 0 Å². The second kappa shape index (κ2) is 9.53. The van der Waals surface area contributed by atoms with E-state index in [0.29, 0.717) is 30.4 Å². The Morgan fingerprint density at radius 1 is 1.06 bits per heavy atom. The van der Waals surface area contributed by atoms with Crippen LogP contribution in [0.5, 0.6) is 0 Å². The van der Waals surface area contributed by atoms with Crippen LogP contribution in [0.15, 0.2) is 54.6 Å². The molecular formula is C23H24FN5O2. The van der Waals surface area contributed by atoms with Gasteiger partial charge in [0.05, 0.1) is 19.6 Å². The van der Waals surface area contributed by atoms with E-state index >= 15 is 0 Å². The molecule has 1 aromatic heterocycles. The second-order valence-corrected chi connectivity index (χ2v) is 7.31. The molecule has 0 unspecified atom stereocenters. The zero-order chi connectivity index (χ0) is 21.6. The molecule has 0 atom stereocenters. The molecule has 2 heterocycles. The zero-order valence-corrected chi connectivity index (χ0v) is 17.3. The number of aryl methyl sites for hydroxylation is 1. The molecule has 2 aromatic carbocycles. The van der Waals surface area contributed by atoms with Crippen LogP contribution in [0.2, 0.25) is 0 Å². The minimum atomic E-state index is -0.383. The second-order valence-electron chi connectivity index (χ2n) is 7.31. The average molecular weight is 421 g/mol. The predicted molar refractivity (Wildman–Crippen MR) is 118 cm³/mol. The van der Waals surface area contributed by atoms with E-state index < -0.39 is 0 Å². The molecule has 8 heteroatoms. The number of anilines is 4. The quantitative estimate of drug-likeness (QED) is 0.632. The van der Waals surface area contributed by atoms with Crippen molar-refractivity contribution in [2.75, 3.05) is 41.8 Å². The molecule has 0 aliphatic carbocycles. The van der Waals surface area contributed by atoms with Gasteiger partial charge in [0.25, 0.3) is 0 Å². The highest BCUT2D eigenvalue weighted by molar-refractivity contribution is 5.92. The fourth-order valence-electron chi connectivity index (χ4n) is 3.35. The van der Waals surface area contributed by atoms with E-state index in [-0.39, 0.29) is 18.1 Å². The third-order valence-corrected chi connectivity index (χ3v) is 4.91. The van der Waals surface area contributed by atoms with Gasteiger partial charge in [-0.15, -0.1) is 0 Å². The van der Waals surface area contributed by atoms with E-state index in [1.54, 1.807) is 30.3 Å². The van der Waals surface area contributed by atoms with Crippen LogP contribution in [0, 0.1) is 12.7 Å². The Bertz CT molecular complexity index is 1050. The van der Waals surface area contributed by atoms with Gasteiger partial charge in [-0.3, -0.25) is 4.79 Å². The lowest BCUT2D eigenvalue weighted by Crippen LogP contribution is -2.36. The Labute approximate surface area is 180 Å². The number of carbonyl (C=O) groups excluding carboxylic acids is 1. The average Bonchev–Trinajstić information content (AvgIpc) is 2.77. The first-order valence-electron chi connectivity index (χ1n) is 10.2. The summed E-state index contributed by atoms with van der Waals surface area (Å²) in [5.41, 5.74) is 2.67. The maximum Gasteiger partial charge on any atom is 0.229 e. The molecule has 0 radical (unpaired) electrons. The van der Waals surface area contributed by atoms with Crippen molar-refractivity contribution in [2.24, 2.45) is 0 Å². The van der Waals surface area contributed by atoms with Gasteiger partial charge < -0.3 is 20.3 Å². The lowest BCUT2D eigenvalue weighted by Gasteiger charge is -2.28. The number of nitrogens with zero attached hydrogens (tertiary/aromatic N) is 3. The Kier molecular flexibility index (Phi) is 6.37. The van der Waals surface area contributed by atoms with Crippen LogP contribution in [0.4, 0.5) is 27.5 Å². The number of nitrogens with one attached hydrogen (secondary N) is 2. The summed E-state index contributed by atoms with van der Waals surface area (Å²) < 4.78 is 19.1. The van der Waals surface area contributed by atoms with E-state index in [0.717, 1.165) is 30.3 Å². The van der Waals surface area contributed by atoms with E-state index in [2.05, 4.69) is 25.5 Å². The Balaban J connectivity index is 1.39. The summed E-state index contributed by atoms with van der Waals surface area (Å²) in [7, 11) is 0. The summed E-state index contributed by atoms with van der Waals surface area (Å²) in [6.45, 7) is 4.92. The summed E-state index contributed by atoms with van der Waals surface area (Å²) in [4.78, 5) is 23.5. The van der Waals surface area contributed by atoms with Gasteiger partial charge >= 0.3 is 0 Å². The van der Waals surface area contributed by atoms with Gasteiger partial charge in [0.2, 0.25) is 11.9 Å². The number of hydrogen-bond donors (Lipinski definition) is 2. The molecule has 1 amide bonds. The van der Waals surface area contributed by atoms with Crippen molar-refractivity contribution in [1.29, 1.82) is 0 Å². The van der Waals surface area contributed by atoms with Crippen LogP contribution < -0.4 is 15.5 Å². The first-order chi connectivity index (χ1) is 15.1. The van der Waals surface area contributed by atoms with Gasteiger partial charge in [0.1, 0.15) is 11.6 Å². The molecule has 31 heavy (non-hydrogen) atoms. The highest BCUT2D eigenvalue weighted by Crippen LogP contribution is 2.21. The Hall–Kier alpha value is -3.52. The number of halogens is 1. The van der Waals surface area contributed by atoms with Crippen molar-refractivity contribution in [3.05, 3.63) is 71.7 Å². The van der Waals surface area contributed by atoms with Crippen LogP contribution in [0.1, 0.15) is 11.3 Å². The summed E-state index contributed by atoms with van der Waals surface area (Å²) in [6, 6.07) is 15.5. The number of aromatic nitrogens is 2.